The highest BCUT2D eigenvalue weighted by Gasteiger charge is 2.30. The maximum absolute atomic E-state index is 5.79. The van der Waals surface area contributed by atoms with Crippen molar-refractivity contribution < 1.29 is 13.6 Å². The SMILES string of the molecule is c1ccc(OP(Oc2ccccc2)OC2CC2)cc1. The van der Waals surface area contributed by atoms with Crippen molar-refractivity contribution in [3.05, 3.63) is 60.7 Å². The molecule has 2 aromatic carbocycles. The van der Waals surface area contributed by atoms with Crippen LogP contribution in [-0.4, -0.2) is 6.10 Å². The molecule has 1 saturated carbocycles. The van der Waals surface area contributed by atoms with E-state index in [1.54, 1.807) is 0 Å². The van der Waals surface area contributed by atoms with Gasteiger partial charge in [0.2, 0.25) is 0 Å². The molecule has 0 heterocycles. The molecule has 98 valence electrons. The van der Waals surface area contributed by atoms with Gasteiger partial charge in [0.15, 0.2) is 0 Å². The second-order valence-corrected chi connectivity index (χ2v) is 5.36. The van der Waals surface area contributed by atoms with Gasteiger partial charge in [-0.1, -0.05) is 36.4 Å². The fourth-order valence-corrected chi connectivity index (χ4v) is 2.66. The van der Waals surface area contributed by atoms with Crippen molar-refractivity contribution in [3.8, 4) is 11.5 Å². The summed E-state index contributed by atoms with van der Waals surface area (Å²) in [7, 11) is -1.39. The summed E-state index contributed by atoms with van der Waals surface area (Å²) < 4.78 is 17.4. The molecule has 0 radical (unpaired) electrons. The maximum atomic E-state index is 5.79. The summed E-state index contributed by atoms with van der Waals surface area (Å²) in [6.45, 7) is 0. The smallest absolute Gasteiger partial charge is 0.418 e. The third-order valence-electron chi connectivity index (χ3n) is 2.61. The van der Waals surface area contributed by atoms with Crippen LogP contribution in [-0.2, 0) is 4.52 Å². The van der Waals surface area contributed by atoms with Gasteiger partial charge in [-0.3, -0.25) is 4.52 Å². The summed E-state index contributed by atoms with van der Waals surface area (Å²) in [5, 5.41) is 0. The van der Waals surface area contributed by atoms with Crippen molar-refractivity contribution >= 4 is 8.60 Å². The molecule has 1 fully saturated rings. The van der Waals surface area contributed by atoms with E-state index in [0.717, 1.165) is 24.3 Å². The zero-order valence-electron chi connectivity index (χ0n) is 10.4. The number of rotatable bonds is 6. The highest BCUT2D eigenvalue weighted by atomic mass is 31.2. The standard InChI is InChI=1S/C15H15O3P/c1-3-7-13(8-4-1)16-19(18-15-11-12-15)17-14-9-5-2-6-10-14/h1-10,15H,11-12H2. The lowest BCUT2D eigenvalue weighted by atomic mass is 10.3. The summed E-state index contributed by atoms with van der Waals surface area (Å²) in [5.74, 6) is 1.54. The molecule has 0 spiro atoms. The van der Waals surface area contributed by atoms with Gasteiger partial charge in [0, 0.05) is 0 Å². The molecule has 2 aromatic rings. The minimum absolute atomic E-state index is 0.290. The average Bonchev–Trinajstić information content (AvgIpc) is 3.25. The molecule has 0 saturated heterocycles. The van der Waals surface area contributed by atoms with Crippen LogP contribution < -0.4 is 9.05 Å². The van der Waals surface area contributed by atoms with Crippen LogP contribution in [0.3, 0.4) is 0 Å². The molecule has 0 bridgehead atoms. The van der Waals surface area contributed by atoms with Crippen molar-refractivity contribution in [2.45, 2.75) is 18.9 Å². The van der Waals surface area contributed by atoms with Crippen LogP contribution in [0.1, 0.15) is 12.8 Å². The third kappa shape index (κ3) is 3.95. The van der Waals surface area contributed by atoms with Crippen LogP contribution in [0.25, 0.3) is 0 Å². The van der Waals surface area contributed by atoms with E-state index < -0.39 is 8.60 Å². The van der Waals surface area contributed by atoms with Gasteiger partial charge in [-0.25, -0.2) is 0 Å². The van der Waals surface area contributed by atoms with Gasteiger partial charge in [0.05, 0.1) is 6.10 Å². The Labute approximate surface area is 114 Å². The van der Waals surface area contributed by atoms with Crippen LogP contribution in [0.2, 0.25) is 0 Å². The van der Waals surface area contributed by atoms with Gasteiger partial charge in [0.25, 0.3) is 0 Å². The van der Waals surface area contributed by atoms with Crippen LogP contribution in [0.15, 0.2) is 60.7 Å². The lowest BCUT2D eigenvalue weighted by Crippen LogP contribution is -2.01. The van der Waals surface area contributed by atoms with E-state index >= 15 is 0 Å². The highest BCUT2D eigenvalue weighted by Crippen LogP contribution is 2.46. The van der Waals surface area contributed by atoms with Gasteiger partial charge in [-0.15, -0.1) is 0 Å². The number of para-hydroxylation sites is 2. The largest absolute Gasteiger partial charge is 0.463 e. The Morgan fingerprint density at radius 1 is 0.737 bits per heavy atom. The zero-order chi connectivity index (χ0) is 12.9. The van der Waals surface area contributed by atoms with Gasteiger partial charge in [-0.05, 0) is 37.1 Å². The molecule has 0 unspecified atom stereocenters. The van der Waals surface area contributed by atoms with Crippen molar-refractivity contribution in [3.63, 3.8) is 0 Å². The molecule has 3 nitrogen and oxygen atoms in total. The maximum Gasteiger partial charge on any atom is 0.463 e. The minimum atomic E-state index is -1.39. The van der Waals surface area contributed by atoms with E-state index in [4.69, 9.17) is 13.6 Å². The van der Waals surface area contributed by atoms with Gasteiger partial charge in [-0.2, -0.15) is 0 Å². The van der Waals surface area contributed by atoms with Crippen LogP contribution in [0, 0.1) is 0 Å². The van der Waals surface area contributed by atoms with Crippen LogP contribution >= 0.6 is 8.60 Å². The minimum Gasteiger partial charge on any atom is -0.418 e. The molecule has 1 aliphatic carbocycles. The monoisotopic (exact) mass is 274 g/mol. The summed E-state index contributed by atoms with van der Waals surface area (Å²) in [4.78, 5) is 0. The molecule has 19 heavy (non-hydrogen) atoms. The molecule has 0 aromatic heterocycles. The van der Waals surface area contributed by atoms with E-state index in [-0.39, 0.29) is 0 Å². The average molecular weight is 274 g/mol. The number of hydrogen-bond acceptors (Lipinski definition) is 3. The third-order valence-corrected chi connectivity index (χ3v) is 3.80. The molecule has 3 rings (SSSR count). The second-order valence-electron chi connectivity index (χ2n) is 4.34. The van der Waals surface area contributed by atoms with E-state index in [2.05, 4.69) is 0 Å². The van der Waals surface area contributed by atoms with Crippen molar-refractivity contribution in [2.75, 3.05) is 0 Å². The molecular formula is C15H15O3P. The summed E-state index contributed by atoms with van der Waals surface area (Å²) in [6.07, 6.45) is 2.48. The first-order valence-electron chi connectivity index (χ1n) is 6.33. The molecule has 4 heteroatoms. The molecule has 0 atom stereocenters. The van der Waals surface area contributed by atoms with Crippen molar-refractivity contribution in [1.29, 1.82) is 0 Å². The molecule has 0 amide bonds. The van der Waals surface area contributed by atoms with Crippen molar-refractivity contribution in [1.82, 2.24) is 0 Å². The first-order valence-corrected chi connectivity index (χ1v) is 7.42. The number of benzene rings is 2. The predicted molar refractivity (Wildman–Crippen MR) is 75.2 cm³/mol. The molecule has 0 N–H and O–H groups in total. The summed E-state index contributed by atoms with van der Waals surface area (Å²) in [5.41, 5.74) is 0. The Hall–Kier alpha value is -1.57. The quantitative estimate of drug-likeness (QED) is 0.723. The predicted octanol–water partition coefficient (Wildman–Crippen LogP) is 4.55. The van der Waals surface area contributed by atoms with Gasteiger partial charge >= 0.3 is 8.60 Å². The fraction of sp³-hybridized carbons (Fsp3) is 0.200. The normalized spacial score (nSPS) is 14.4. The summed E-state index contributed by atoms with van der Waals surface area (Å²) in [6, 6.07) is 19.2. The Balaban J connectivity index is 1.66. The van der Waals surface area contributed by atoms with Crippen LogP contribution in [0.4, 0.5) is 0 Å². The van der Waals surface area contributed by atoms with Crippen LogP contribution in [0.5, 0.6) is 11.5 Å². The second kappa shape index (κ2) is 6.05. The first kappa shape index (κ1) is 12.5. The Morgan fingerprint density at radius 2 is 1.21 bits per heavy atom. The van der Waals surface area contributed by atoms with Gasteiger partial charge < -0.3 is 9.05 Å². The van der Waals surface area contributed by atoms with Crippen molar-refractivity contribution in [2.24, 2.45) is 0 Å². The van der Waals surface area contributed by atoms with E-state index in [1.807, 2.05) is 60.7 Å². The Morgan fingerprint density at radius 3 is 1.63 bits per heavy atom. The number of hydrogen-bond donors (Lipinski definition) is 0. The van der Waals surface area contributed by atoms with E-state index in [1.165, 1.54) is 0 Å². The molecular weight excluding hydrogens is 259 g/mol. The topological polar surface area (TPSA) is 27.7 Å². The Kier molecular flexibility index (Phi) is 3.97. The first-order chi connectivity index (χ1) is 9.40. The van der Waals surface area contributed by atoms with E-state index in [0.29, 0.717) is 6.10 Å². The highest BCUT2D eigenvalue weighted by molar-refractivity contribution is 7.42. The fourth-order valence-electron chi connectivity index (χ4n) is 1.49. The zero-order valence-corrected chi connectivity index (χ0v) is 11.3. The van der Waals surface area contributed by atoms with Gasteiger partial charge in [0.1, 0.15) is 11.5 Å². The lowest BCUT2D eigenvalue weighted by Gasteiger charge is -2.17. The molecule has 0 aliphatic heterocycles. The lowest BCUT2D eigenvalue weighted by molar-refractivity contribution is 0.254. The van der Waals surface area contributed by atoms with E-state index in [9.17, 15) is 0 Å². The molecule has 1 aliphatic rings. The summed E-state index contributed by atoms with van der Waals surface area (Å²) >= 11 is 0. The Bertz CT molecular complexity index is 458.